The zero-order valence-corrected chi connectivity index (χ0v) is 6.53. The highest BCUT2D eigenvalue weighted by Gasteiger charge is 2.35. The van der Waals surface area contributed by atoms with E-state index in [9.17, 15) is 13.6 Å². The predicted molar refractivity (Wildman–Crippen MR) is 35.5 cm³/mol. The van der Waals surface area contributed by atoms with Crippen LogP contribution in [-0.2, 0) is 4.79 Å². The van der Waals surface area contributed by atoms with E-state index >= 15 is 0 Å². The molecule has 0 saturated heterocycles. The van der Waals surface area contributed by atoms with Gasteiger partial charge < -0.3 is 10.4 Å². The van der Waals surface area contributed by atoms with Crippen molar-refractivity contribution in [2.24, 2.45) is 0 Å². The monoisotopic (exact) mass is 187 g/mol. The Hall–Kier alpha value is -0.420. The van der Waals surface area contributed by atoms with E-state index in [4.69, 9.17) is 5.11 Å². The normalized spacial score (nSPS) is 14.3. The number of carbonyl (C=O) groups is 1. The zero-order chi connectivity index (χ0) is 9.07. The van der Waals surface area contributed by atoms with Crippen molar-refractivity contribution in [3.8, 4) is 0 Å². The summed E-state index contributed by atoms with van der Waals surface area (Å²) in [6, 6.07) is 0. The SMILES string of the molecule is CC(O)CNC(=O)C(F)(F)Cl. The second-order valence-electron chi connectivity index (χ2n) is 2.06. The minimum atomic E-state index is -3.89. The minimum absolute atomic E-state index is 0.235. The number of hydrogen-bond acceptors (Lipinski definition) is 2. The highest BCUT2D eigenvalue weighted by molar-refractivity contribution is 6.32. The molecule has 0 aliphatic rings. The lowest BCUT2D eigenvalue weighted by Crippen LogP contribution is -2.39. The van der Waals surface area contributed by atoms with Gasteiger partial charge in [-0.25, -0.2) is 0 Å². The summed E-state index contributed by atoms with van der Waals surface area (Å²) >= 11 is 4.34. The summed E-state index contributed by atoms with van der Waals surface area (Å²) in [6.07, 6.45) is -0.863. The number of halogens is 3. The standard InChI is InChI=1S/C5H8ClF2NO2/c1-3(10)2-9-4(11)5(6,7)8/h3,10H,2H2,1H3,(H,9,11). The fraction of sp³-hybridized carbons (Fsp3) is 0.800. The third-order valence-corrected chi connectivity index (χ3v) is 0.987. The van der Waals surface area contributed by atoms with E-state index in [-0.39, 0.29) is 6.54 Å². The summed E-state index contributed by atoms with van der Waals surface area (Å²) in [4.78, 5) is 10.3. The molecule has 0 bridgehead atoms. The number of amides is 1. The maximum absolute atomic E-state index is 11.8. The number of aliphatic hydroxyl groups is 1. The number of alkyl halides is 3. The van der Waals surface area contributed by atoms with Crippen molar-refractivity contribution < 1.29 is 18.7 Å². The summed E-state index contributed by atoms with van der Waals surface area (Å²) in [6.45, 7) is 1.12. The van der Waals surface area contributed by atoms with E-state index in [1.807, 2.05) is 0 Å². The molecule has 0 saturated carbocycles. The first-order valence-electron chi connectivity index (χ1n) is 2.87. The summed E-state index contributed by atoms with van der Waals surface area (Å²) in [5, 5.41) is 6.42. The van der Waals surface area contributed by atoms with Crippen LogP contribution >= 0.6 is 11.6 Å². The molecule has 0 rings (SSSR count). The van der Waals surface area contributed by atoms with Gasteiger partial charge in [-0.15, -0.1) is 0 Å². The third-order valence-electron chi connectivity index (χ3n) is 0.815. The molecule has 0 spiro atoms. The number of carbonyl (C=O) groups excluding carboxylic acids is 1. The second kappa shape index (κ2) is 3.82. The summed E-state index contributed by atoms with van der Waals surface area (Å²) in [5.41, 5.74) is 0. The Bertz CT molecular complexity index is 146. The molecule has 0 aromatic heterocycles. The molecule has 1 amide bonds. The number of rotatable bonds is 3. The van der Waals surface area contributed by atoms with Crippen molar-refractivity contribution >= 4 is 17.5 Å². The van der Waals surface area contributed by atoms with Gasteiger partial charge in [0.1, 0.15) is 0 Å². The van der Waals surface area contributed by atoms with Gasteiger partial charge in [-0.05, 0) is 18.5 Å². The molecule has 0 aromatic carbocycles. The van der Waals surface area contributed by atoms with Crippen LogP contribution in [0.3, 0.4) is 0 Å². The molecule has 2 N–H and O–H groups in total. The Labute approximate surface area is 67.3 Å². The van der Waals surface area contributed by atoms with Gasteiger partial charge >= 0.3 is 11.3 Å². The first-order valence-corrected chi connectivity index (χ1v) is 3.25. The Morgan fingerprint density at radius 3 is 2.55 bits per heavy atom. The van der Waals surface area contributed by atoms with Crippen LogP contribution in [0.1, 0.15) is 6.92 Å². The van der Waals surface area contributed by atoms with Gasteiger partial charge in [-0.2, -0.15) is 8.78 Å². The quantitative estimate of drug-likeness (QED) is 0.625. The first kappa shape index (κ1) is 10.6. The largest absolute Gasteiger partial charge is 0.399 e. The third kappa shape index (κ3) is 4.92. The fourth-order valence-corrected chi connectivity index (χ4v) is 0.407. The van der Waals surface area contributed by atoms with Gasteiger partial charge in [0.2, 0.25) is 0 Å². The second-order valence-corrected chi connectivity index (χ2v) is 2.53. The highest BCUT2D eigenvalue weighted by atomic mass is 35.5. The summed E-state index contributed by atoms with van der Waals surface area (Å²) < 4.78 is 23.7. The number of hydrogen-bond donors (Lipinski definition) is 2. The van der Waals surface area contributed by atoms with E-state index in [0.717, 1.165) is 0 Å². The molecule has 0 aliphatic carbocycles. The van der Waals surface area contributed by atoms with Gasteiger partial charge in [0.15, 0.2) is 0 Å². The van der Waals surface area contributed by atoms with E-state index in [1.54, 1.807) is 5.32 Å². The molecule has 0 aliphatic heterocycles. The van der Waals surface area contributed by atoms with E-state index < -0.39 is 17.4 Å². The summed E-state index contributed by atoms with van der Waals surface area (Å²) in [5.74, 6) is -1.60. The molecule has 0 aromatic rings. The fourth-order valence-electron chi connectivity index (χ4n) is 0.341. The number of aliphatic hydroxyl groups excluding tert-OH is 1. The Morgan fingerprint density at radius 1 is 1.82 bits per heavy atom. The topological polar surface area (TPSA) is 49.3 Å². The predicted octanol–water partition coefficient (Wildman–Crippen LogP) is 0.315. The van der Waals surface area contributed by atoms with Crippen LogP contribution in [0.25, 0.3) is 0 Å². The molecule has 1 atom stereocenters. The Balaban J connectivity index is 3.71. The van der Waals surface area contributed by atoms with Crippen molar-refractivity contribution in [2.75, 3.05) is 6.54 Å². The molecule has 6 heteroatoms. The molecule has 66 valence electrons. The maximum Gasteiger partial charge on any atom is 0.399 e. The van der Waals surface area contributed by atoms with Crippen molar-refractivity contribution in [1.29, 1.82) is 0 Å². The molecular formula is C5H8ClF2NO2. The highest BCUT2D eigenvalue weighted by Crippen LogP contribution is 2.17. The van der Waals surface area contributed by atoms with Crippen molar-refractivity contribution in [1.82, 2.24) is 5.32 Å². The van der Waals surface area contributed by atoms with Crippen LogP contribution in [0.5, 0.6) is 0 Å². The molecule has 0 heterocycles. The lowest BCUT2D eigenvalue weighted by molar-refractivity contribution is -0.136. The van der Waals surface area contributed by atoms with Gasteiger partial charge in [0, 0.05) is 6.54 Å². The van der Waals surface area contributed by atoms with Crippen LogP contribution in [0.2, 0.25) is 0 Å². The molecule has 0 fully saturated rings. The van der Waals surface area contributed by atoms with Crippen LogP contribution in [0.4, 0.5) is 8.78 Å². The van der Waals surface area contributed by atoms with Crippen molar-refractivity contribution in [3.63, 3.8) is 0 Å². The molecule has 0 radical (unpaired) electrons. The Morgan fingerprint density at radius 2 is 2.27 bits per heavy atom. The van der Waals surface area contributed by atoms with Crippen LogP contribution in [-0.4, -0.2) is 29.0 Å². The van der Waals surface area contributed by atoms with E-state index in [0.29, 0.717) is 0 Å². The summed E-state index contributed by atoms with van der Waals surface area (Å²) in [7, 11) is 0. The van der Waals surface area contributed by atoms with Crippen LogP contribution < -0.4 is 5.32 Å². The molecular weight excluding hydrogens is 180 g/mol. The lowest BCUT2D eigenvalue weighted by atomic mass is 10.4. The smallest absolute Gasteiger partial charge is 0.392 e. The van der Waals surface area contributed by atoms with E-state index in [1.165, 1.54) is 6.92 Å². The number of nitrogens with one attached hydrogen (secondary N) is 1. The van der Waals surface area contributed by atoms with Gasteiger partial charge in [-0.3, -0.25) is 4.79 Å². The average Bonchev–Trinajstić information content (AvgIpc) is 1.80. The molecule has 1 unspecified atom stereocenters. The van der Waals surface area contributed by atoms with Gasteiger partial charge in [-0.1, -0.05) is 0 Å². The molecule has 11 heavy (non-hydrogen) atoms. The van der Waals surface area contributed by atoms with Gasteiger partial charge in [0.05, 0.1) is 6.10 Å². The van der Waals surface area contributed by atoms with Crippen molar-refractivity contribution in [2.45, 2.75) is 18.4 Å². The average molecular weight is 188 g/mol. The maximum atomic E-state index is 11.8. The van der Waals surface area contributed by atoms with Gasteiger partial charge in [0.25, 0.3) is 0 Å². The zero-order valence-electron chi connectivity index (χ0n) is 5.77. The Kier molecular flexibility index (Phi) is 3.68. The first-order chi connectivity index (χ1) is 4.84. The van der Waals surface area contributed by atoms with E-state index in [2.05, 4.69) is 11.6 Å². The van der Waals surface area contributed by atoms with Crippen LogP contribution in [0, 0.1) is 0 Å². The van der Waals surface area contributed by atoms with Crippen molar-refractivity contribution in [3.05, 3.63) is 0 Å². The molecule has 3 nitrogen and oxygen atoms in total. The van der Waals surface area contributed by atoms with Crippen LogP contribution in [0.15, 0.2) is 0 Å². The lowest BCUT2D eigenvalue weighted by Gasteiger charge is -2.09. The minimum Gasteiger partial charge on any atom is -0.392 e.